The zero-order valence-electron chi connectivity index (χ0n) is 15.2. The number of aliphatic carboxylic acids is 1. The van der Waals surface area contributed by atoms with E-state index >= 15 is 0 Å². The lowest BCUT2D eigenvalue weighted by atomic mass is 10.1. The molecule has 1 rings (SSSR count). The SMILES string of the molecule is NC(CCC(=O)NCCc1cncc(C(=O)NCCCC(=O)SS)c1)C(=O)O. The van der Waals surface area contributed by atoms with Crippen LogP contribution in [0.15, 0.2) is 18.5 Å². The number of hydrogen-bond donors (Lipinski definition) is 5. The molecule has 11 heteroatoms. The molecule has 1 aromatic heterocycles. The summed E-state index contributed by atoms with van der Waals surface area (Å²) in [5.41, 5.74) is 6.52. The first kappa shape index (κ1) is 23.9. The highest BCUT2D eigenvalue weighted by molar-refractivity contribution is 8.74. The van der Waals surface area contributed by atoms with E-state index in [2.05, 4.69) is 27.3 Å². The van der Waals surface area contributed by atoms with Gasteiger partial charge in [0.1, 0.15) is 6.04 Å². The third-order valence-corrected chi connectivity index (χ3v) is 4.76. The molecule has 154 valence electrons. The van der Waals surface area contributed by atoms with Gasteiger partial charge in [0, 0.05) is 38.3 Å². The van der Waals surface area contributed by atoms with Crippen molar-refractivity contribution in [3.63, 3.8) is 0 Å². The molecular weight excluding hydrogens is 404 g/mol. The molecule has 0 saturated carbocycles. The zero-order chi connectivity index (χ0) is 20.9. The van der Waals surface area contributed by atoms with E-state index in [9.17, 15) is 19.2 Å². The molecule has 0 saturated heterocycles. The molecular formula is C17H24N4O5S2. The number of nitrogens with two attached hydrogens (primary N) is 1. The van der Waals surface area contributed by atoms with Crippen molar-refractivity contribution in [3.05, 3.63) is 29.6 Å². The third kappa shape index (κ3) is 9.72. The summed E-state index contributed by atoms with van der Waals surface area (Å²) in [6, 6.07) is 0.628. The van der Waals surface area contributed by atoms with Crippen LogP contribution in [0.5, 0.6) is 0 Å². The number of amides is 2. The van der Waals surface area contributed by atoms with Gasteiger partial charge in [-0.25, -0.2) is 0 Å². The standard InChI is InChI=1S/C17H24N4O5S2/c18-13(17(25)26)3-4-14(22)20-7-5-11-8-12(10-19-9-11)16(24)21-6-1-2-15(23)28-27/h8-10,13,27H,1-7,18H2,(H,20,22)(H,21,24)(H,25,26). The van der Waals surface area contributed by atoms with Gasteiger partial charge in [0.2, 0.25) is 5.91 Å². The number of aromatic nitrogens is 1. The molecule has 1 unspecified atom stereocenters. The van der Waals surface area contributed by atoms with Crippen LogP contribution in [0.1, 0.15) is 41.6 Å². The van der Waals surface area contributed by atoms with Crippen LogP contribution >= 0.6 is 22.5 Å². The van der Waals surface area contributed by atoms with Gasteiger partial charge in [-0.15, -0.1) is 11.7 Å². The Morgan fingerprint density at radius 3 is 2.61 bits per heavy atom. The van der Waals surface area contributed by atoms with Crippen LogP contribution in [-0.2, 0) is 20.8 Å². The summed E-state index contributed by atoms with van der Waals surface area (Å²) < 4.78 is 0. The topological polar surface area (TPSA) is 151 Å². The molecule has 9 nitrogen and oxygen atoms in total. The van der Waals surface area contributed by atoms with Crippen molar-refractivity contribution in [3.8, 4) is 0 Å². The van der Waals surface area contributed by atoms with Crippen molar-refractivity contribution < 1.29 is 24.3 Å². The summed E-state index contributed by atoms with van der Waals surface area (Å²) in [6.07, 6.45) is 4.48. The Labute approximate surface area is 172 Å². The van der Waals surface area contributed by atoms with Crippen molar-refractivity contribution >= 4 is 45.4 Å². The van der Waals surface area contributed by atoms with E-state index < -0.39 is 12.0 Å². The van der Waals surface area contributed by atoms with E-state index in [1.54, 1.807) is 12.3 Å². The molecule has 0 spiro atoms. The monoisotopic (exact) mass is 428 g/mol. The molecule has 0 aliphatic carbocycles. The number of rotatable bonds is 12. The Balaban J connectivity index is 2.36. The molecule has 0 aliphatic rings. The van der Waals surface area contributed by atoms with Gasteiger partial charge in [-0.2, -0.15) is 0 Å². The number of hydrogen-bond acceptors (Lipinski definition) is 8. The van der Waals surface area contributed by atoms with Crippen molar-refractivity contribution in [2.24, 2.45) is 5.73 Å². The van der Waals surface area contributed by atoms with Crippen molar-refractivity contribution in [1.82, 2.24) is 15.6 Å². The number of thiol groups is 1. The van der Waals surface area contributed by atoms with Crippen LogP contribution in [-0.4, -0.2) is 52.1 Å². The minimum absolute atomic E-state index is 0.0301. The maximum Gasteiger partial charge on any atom is 0.320 e. The van der Waals surface area contributed by atoms with Gasteiger partial charge in [-0.3, -0.25) is 24.2 Å². The van der Waals surface area contributed by atoms with Gasteiger partial charge < -0.3 is 21.5 Å². The Hall–Kier alpha value is -2.11. The highest BCUT2D eigenvalue weighted by Crippen LogP contribution is 2.10. The zero-order valence-corrected chi connectivity index (χ0v) is 16.9. The lowest BCUT2D eigenvalue weighted by molar-refractivity contribution is -0.138. The molecule has 1 atom stereocenters. The fourth-order valence-electron chi connectivity index (χ4n) is 2.18. The first-order valence-electron chi connectivity index (χ1n) is 8.65. The minimum atomic E-state index is -1.14. The molecule has 1 heterocycles. The molecule has 0 fully saturated rings. The molecule has 0 bridgehead atoms. The number of carbonyl (C=O) groups excluding carboxylic acids is 3. The summed E-state index contributed by atoms with van der Waals surface area (Å²) in [4.78, 5) is 49.6. The highest BCUT2D eigenvalue weighted by Gasteiger charge is 2.13. The number of carbonyl (C=O) groups is 4. The number of carboxylic acids is 1. The van der Waals surface area contributed by atoms with Gasteiger partial charge >= 0.3 is 5.97 Å². The summed E-state index contributed by atoms with van der Waals surface area (Å²) in [7, 11) is 0.868. The Morgan fingerprint density at radius 1 is 1.18 bits per heavy atom. The lowest BCUT2D eigenvalue weighted by Gasteiger charge is -2.08. The van der Waals surface area contributed by atoms with E-state index in [-0.39, 0.29) is 29.8 Å². The molecule has 5 N–H and O–H groups in total. The molecule has 2 amide bonds. The summed E-state index contributed by atoms with van der Waals surface area (Å²) >= 11 is 3.81. The number of pyridine rings is 1. The smallest absolute Gasteiger partial charge is 0.320 e. The van der Waals surface area contributed by atoms with E-state index in [1.165, 1.54) is 6.20 Å². The van der Waals surface area contributed by atoms with Gasteiger partial charge in [-0.05, 0) is 41.7 Å². The van der Waals surface area contributed by atoms with Crippen LogP contribution in [0.3, 0.4) is 0 Å². The predicted octanol–water partition coefficient (Wildman–Crippen LogP) is 0.547. The van der Waals surface area contributed by atoms with E-state index in [0.29, 0.717) is 37.9 Å². The second-order valence-electron chi connectivity index (χ2n) is 5.99. The normalized spacial score (nSPS) is 11.5. The van der Waals surface area contributed by atoms with Crippen LogP contribution in [0.25, 0.3) is 0 Å². The molecule has 1 aromatic rings. The molecule has 0 aromatic carbocycles. The van der Waals surface area contributed by atoms with Crippen LogP contribution in [0.4, 0.5) is 0 Å². The average Bonchev–Trinajstić information content (AvgIpc) is 2.69. The van der Waals surface area contributed by atoms with E-state index in [4.69, 9.17) is 10.8 Å². The summed E-state index contributed by atoms with van der Waals surface area (Å²) in [5, 5.41) is 14.0. The Bertz CT molecular complexity index is 702. The largest absolute Gasteiger partial charge is 0.480 e. The maximum atomic E-state index is 12.1. The lowest BCUT2D eigenvalue weighted by Crippen LogP contribution is -2.33. The first-order chi connectivity index (χ1) is 13.3. The second kappa shape index (κ2) is 13.1. The van der Waals surface area contributed by atoms with Gasteiger partial charge in [0.25, 0.3) is 5.91 Å². The minimum Gasteiger partial charge on any atom is -0.480 e. The van der Waals surface area contributed by atoms with Crippen molar-refractivity contribution in [2.75, 3.05) is 13.1 Å². The first-order valence-corrected chi connectivity index (χ1v) is 10.5. The van der Waals surface area contributed by atoms with Crippen molar-refractivity contribution in [1.29, 1.82) is 0 Å². The van der Waals surface area contributed by atoms with Gasteiger partial charge in [0.15, 0.2) is 5.12 Å². The highest BCUT2D eigenvalue weighted by atomic mass is 33.1. The Morgan fingerprint density at radius 2 is 1.93 bits per heavy atom. The van der Waals surface area contributed by atoms with Crippen LogP contribution < -0.4 is 16.4 Å². The fourth-order valence-corrected chi connectivity index (χ4v) is 2.69. The maximum absolute atomic E-state index is 12.1. The predicted molar refractivity (Wildman–Crippen MR) is 109 cm³/mol. The van der Waals surface area contributed by atoms with Gasteiger partial charge in [-0.1, -0.05) is 0 Å². The third-order valence-electron chi connectivity index (χ3n) is 3.74. The number of carboxylic acid groups (broad SMARTS) is 1. The van der Waals surface area contributed by atoms with E-state index in [1.807, 2.05) is 0 Å². The fraction of sp³-hybridized carbons (Fsp3) is 0.471. The number of nitrogens with zero attached hydrogens (tertiary/aromatic N) is 1. The quantitative estimate of drug-likeness (QED) is 0.184. The second-order valence-corrected chi connectivity index (χ2v) is 7.17. The number of nitrogens with one attached hydrogen (secondary N) is 2. The Kier molecular flexibility index (Phi) is 11.2. The molecule has 0 radical (unpaired) electrons. The van der Waals surface area contributed by atoms with E-state index in [0.717, 1.165) is 16.4 Å². The van der Waals surface area contributed by atoms with Crippen molar-refractivity contribution in [2.45, 2.75) is 38.1 Å². The van der Waals surface area contributed by atoms with Crippen LogP contribution in [0.2, 0.25) is 0 Å². The summed E-state index contributed by atoms with van der Waals surface area (Å²) in [6.45, 7) is 0.703. The van der Waals surface area contributed by atoms with Crippen LogP contribution in [0, 0.1) is 0 Å². The summed E-state index contributed by atoms with van der Waals surface area (Å²) in [5.74, 6) is -1.71. The van der Waals surface area contributed by atoms with Gasteiger partial charge in [0.05, 0.1) is 5.56 Å². The average molecular weight is 429 g/mol. The molecule has 28 heavy (non-hydrogen) atoms. The molecule has 0 aliphatic heterocycles.